The third-order valence-corrected chi connectivity index (χ3v) is 5.64. The normalized spacial score (nSPS) is 15.8. The van der Waals surface area contributed by atoms with Gasteiger partial charge in [0.15, 0.2) is 5.96 Å². The van der Waals surface area contributed by atoms with E-state index in [0.29, 0.717) is 0 Å². The molecule has 1 fully saturated rings. The number of halogens is 2. The Morgan fingerprint density at radius 3 is 2.69 bits per heavy atom. The molecule has 1 aliphatic rings. The molecule has 0 aliphatic carbocycles. The lowest BCUT2D eigenvalue weighted by Crippen LogP contribution is -2.40. The van der Waals surface area contributed by atoms with Gasteiger partial charge in [0.2, 0.25) is 0 Å². The Morgan fingerprint density at radius 2 is 1.97 bits per heavy atom. The highest BCUT2D eigenvalue weighted by Crippen LogP contribution is 2.15. The van der Waals surface area contributed by atoms with Gasteiger partial charge in [-0.2, -0.15) is 0 Å². The Morgan fingerprint density at radius 1 is 1.22 bits per heavy atom. The van der Waals surface area contributed by atoms with Gasteiger partial charge in [0.05, 0.1) is 19.3 Å². The summed E-state index contributed by atoms with van der Waals surface area (Å²) in [6.07, 6.45) is 3.67. The minimum atomic E-state index is 0. The molecule has 0 saturated carbocycles. The topological polar surface area (TPSA) is 79.6 Å². The molecular weight excluding hydrogens is 541 g/mol. The first-order chi connectivity index (χ1) is 15.2. The second-order valence-corrected chi connectivity index (χ2v) is 8.11. The van der Waals surface area contributed by atoms with Gasteiger partial charge in [-0.15, -0.1) is 34.2 Å². The van der Waals surface area contributed by atoms with Crippen LogP contribution in [0.2, 0.25) is 5.02 Å². The van der Waals surface area contributed by atoms with E-state index in [9.17, 15) is 0 Å². The first-order valence-electron chi connectivity index (χ1n) is 11.1. The molecule has 0 radical (unpaired) electrons. The first-order valence-corrected chi connectivity index (χ1v) is 11.5. The highest BCUT2D eigenvalue weighted by molar-refractivity contribution is 14.0. The van der Waals surface area contributed by atoms with Crippen LogP contribution >= 0.6 is 35.6 Å². The zero-order valence-electron chi connectivity index (χ0n) is 19.0. The van der Waals surface area contributed by atoms with Crippen LogP contribution < -0.4 is 10.6 Å². The largest absolute Gasteiger partial charge is 0.379 e. The van der Waals surface area contributed by atoms with E-state index < -0.39 is 0 Å². The molecule has 2 N–H and O–H groups in total. The number of hydrogen-bond acceptors (Lipinski definition) is 5. The Balaban J connectivity index is 0.00000363. The molecule has 0 bridgehead atoms. The van der Waals surface area contributed by atoms with E-state index in [-0.39, 0.29) is 30.0 Å². The lowest BCUT2D eigenvalue weighted by molar-refractivity contribution is 0.0377. The fourth-order valence-corrected chi connectivity index (χ4v) is 3.66. The van der Waals surface area contributed by atoms with E-state index in [2.05, 4.69) is 44.1 Å². The molecule has 32 heavy (non-hydrogen) atoms. The van der Waals surface area contributed by atoms with Crippen LogP contribution in [-0.4, -0.2) is 71.6 Å². The van der Waals surface area contributed by atoms with Gasteiger partial charge in [0.25, 0.3) is 0 Å². The molecule has 1 aliphatic heterocycles. The Hall–Kier alpha value is -1.43. The van der Waals surface area contributed by atoms with E-state index in [4.69, 9.17) is 21.3 Å². The second-order valence-electron chi connectivity index (χ2n) is 7.68. The summed E-state index contributed by atoms with van der Waals surface area (Å²) in [4.78, 5) is 7.26. The Labute approximate surface area is 213 Å². The third kappa shape index (κ3) is 8.84. The van der Waals surface area contributed by atoms with Crippen molar-refractivity contribution in [1.82, 2.24) is 30.3 Å². The van der Waals surface area contributed by atoms with E-state index >= 15 is 0 Å². The second kappa shape index (κ2) is 14.7. The van der Waals surface area contributed by atoms with Crippen LogP contribution in [0.15, 0.2) is 35.6 Å². The number of nitrogens with zero attached hydrogens (tertiary/aromatic N) is 5. The van der Waals surface area contributed by atoms with Crippen molar-refractivity contribution in [3.8, 4) is 0 Å². The zero-order valence-corrected chi connectivity index (χ0v) is 22.1. The van der Waals surface area contributed by atoms with Gasteiger partial charge in [-0.3, -0.25) is 9.89 Å². The van der Waals surface area contributed by atoms with Crippen molar-refractivity contribution in [2.45, 2.75) is 39.3 Å². The lowest BCUT2D eigenvalue weighted by Gasteiger charge is -2.26. The zero-order chi connectivity index (χ0) is 21.9. The van der Waals surface area contributed by atoms with Crippen molar-refractivity contribution in [3.63, 3.8) is 0 Å². The fraction of sp³-hybridized carbons (Fsp3) is 0.591. The molecular formula is C22H35ClIN7O. The number of aryl methyl sites for hydroxylation is 1. The number of morpholine rings is 1. The number of rotatable bonds is 10. The van der Waals surface area contributed by atoms with Crippen molar-refractivity contribution in [2.75, 3.05) is 45.9 Å². The van der Waals surface area contributed by atoms with E-state index in [0.717, 1.165) is 82.1 Å². The summed E-state index contributed by atoms with van der Waals surface area (Å²) >= 11 is 6.03. The van der Waals surface area contributed by atoms with Gasteiger partial charge < -0.3 is 19.9 Å². The number of ether oxygens (including phenoxy) is 1. The Kier molecular flexibility index (Phi) is 12.3. The molecule has 1 aromatic carbocycles. The first kappa shape index (κ1) is 26.8. The molecule has 178 valence electrons. The van der Waals surface area contributed by atoms with Gasteiger partial charge in [-0.25, -0.2) is 0 Å². The minimum absolute atomic E-state index is 0. The van der Waals surface area contributed by atoms with E-state index in [1.54, 1.807) is 6.33 Å². The molecule has 1 atom stereocenters. The van der Waals surface area contributed by atoms with Gasteiger partial charge in [-0.05, 0) is 31.0 Å². The summed E-state index contributed by atoms with van der Waals surface area (Å²) in [5, 5.41) is 15.9. The van der Waals surface area contributed by atoms with E-state index in [1.807, 2.05) is 24.3 Å². The van der Waals surface area contributed by atoms with Gasteiger partial charge >= 0.3 is 0 Å². The predicted octanol–water partition coefficient (Wildman–Crippen LogP) is 3.13. The molecule has 1 unspecified atom stereocenters. The van der Waals surface area contributed by atoms with Crippen molar-refractivity contribution >= 4 is 41.5 Å². The summed E-state index contributed by atoms with van der Waals surface area (Å²) in [6, 6.07) is 8.03. The lowest BCUT2D eigenvalue weighted by atomic mass is 10.1. The molecule has 2 aromatic rings. The van der Waals surface area contributed by atoms with Crippen LogP contribution in [0.25, 0.3) is 0 Å². The number of aliphatic imine (C=N–C) groups is 1. The summed E-state index contributed by atoms with van der Waals surface area (Å²) in [6.45, 7) is 11.3. The SMILES string of the molecule is CCc1nncn1CCNC(=NCCCN1CCOCC1)NC(C)c1ccc(Cl)cc1.I. The Bertz CT molecular complexity index is 809. The van der Waals surface area contributed by atoms with Crippen LogP contribution in [0.1, 0.15) is 37.7 Å². The average molecular weight is 576 g/mol. The number of benzene rings is 1. The maximum atomic E-state index is 6.03. The highest BCUT2D eigenvalue weighted by atomic mass is 127. The fourth-order valence-electron chi connectivity index (χ4n) is 3.54. The van der Waals surface area contributed by atoms with Gasteiger partial charge in [0.1, 0.15) is 12.2 Å². The summed E-state index contributed by atoms with van der Waals surface area (Å²) in [7, 11) is 0. The summed E-state index contributed by atoms with van der Waals surface area (Å²) in [5.74, 6) is 1.81. The van der Waals surface area contributed by atoms with Gasteiger partial charge in [0, 0.05) is 50.7 Å². The van der Waals surface area contributed by atoms with E-state index in [1.165, 1.54) is 5.56 Å². The smallest absolute Gasteiger partial charge is 0.191 e. The van der Waals surface area contributed by atoms with Crippen LogP contribution in [-0.2, 0) is 17.7 Å². The van der Waals surface area contributed by atoms with Crippen molar-refractivity contribution in [3.05, 3.63) is 47.0 Å². The number of nitrogens with one attached hydrogen (secondary N) is 2. The number of guanidine groups is 1. The van der Waals surface area contributed by atoms with Crippen LogP contribution in [0, 0.1) is 0 Å². The van der Waals surface area contributed by atoms with Crippen LogP contribution in [0.5, 0.6) is 0 Å². The molecule has 8 nitrogen and oxygen atoms in total. The number of hydrogen-bond donors (Lipinski definition) is 2. The van der Waals surface area contributed by atoms with Gasteiger partial charge in [-0.1, -0.05) is 30.7 Å². The van der Waals surface area contributed by atoms with Crippen molar-refractivity contribution in [1.29, 1.82) is 0 Å². The molecule has 3 rings (SSSR count). The monoisotopic (exact) mass is 575 g/mol. The molecule has 10 heteroatoms. The maximum Gasteiger partial charge on any atom is 0.191 e. The van der Waals surface area contributed by atoms with Crippen molar-refractivity contribution < 1.29 is 4.74 Å². The third-order valence-electron chi connectivity index (χ3n) is 5.39. The number of aromatic nitrogens is 3. The molecule has 1 saturated heterocycles. The molecule has 2 heterocycles. The quantitative estimate of drug-likeness (QED) is 0.196. The standard InChI is InChI=1S/C22H34ClN7O.HI/c1-3-21-28-26-17-30(21)12-10-25-22(24-9-4-11-29-13-15-31-16-14-29)27-18(2)19-5-7-20(23)8-6-19;/h5-8,17-18H,3-4,9-16H2,1-2H3,(H2,24,25,27);1H. The average Bonchev–Trinajstić information content (AvgIpc) is 3.25. The molecule has 0 amide bonds. The summed E-state index contributed by atoms with van der Waals surface area (Å²) < 4.78 is 7.50. The predicted molar refractivity (Wildman–Crippen MR) is 140 cm³/mol. The molecule has 0 spiro atoms. The molecule has 1 aromatic heterocycles. The minimum Gasteiger partial charge on any atom is -0.379 e. The van der Waals surface area contributed by atoms with Crippen molar-refractivity contribution in [2.24, 2.45) is 4.99 Å². The summed E-state index contributed by atoms with van der Waals surface area (Å²) in [5.41, 5.74) is 1.17. The van der Waals surface area contributed by atoms with Crippen LogP contribution in [0.4, 0.5) is 0 Å². The highest BCUT2D eigenvalue weighted by Gasteiger charge is 2.11. The maximum absolute atomic E-state index is 6.03. The van der Waals surface area contributed by atoms with Crippen LogP contribution in [0.3, 0.4) is 0 Å².